The molecule has 8 heteroatoms. The minimum absolute atomic E-state index is 0.172. The Hall–Kier alpha value is -2.03. The number of hydrogen-bond acceptors (Lipinski definition) is 5. The minimum Gasteiger partial charge on any atom is -0.382 e. The van der Waals surface area contributed by atoms with E-state index in [2.05, 4.69) is 41.6 Å². The fraction of sp³-hybridized carbons (Fsp3) is 0.526. The van der Waals surface area contributed by atoms with Crippen LogP contribution in [0.25, 0.3) is 22.3 Å². The quantitative estimate of drug-likeness (QED) is 0.412. The molecule has 0 aliphatic carbocycles. The summed E-state index contributed by atoms with van der Waals surface area (Å²) >= 11 is 0. The van der Waals surface area contributed by atoms with Gasteiger partial charge in [0.2, 0.25) is 0 Å². The first-order valence-corrected chi connectivity index (χ1v) is 13.0. The maximum atomic E-state index is 5.88. The van der Waals surface area contributed by atoms with E-state index in [9.17, 15) is 0 Å². The number of nitrogens with zero attached hydrogens (tertiary/aromatic N) is 5. The van der Waals surface area contributed by atoms with Crippen molar-refractivity contribution in [1.29, 1.82) is 0 Å². The highest BCUT2D eigenvalue weighted by atomic mass is 28.3. The summed E-state index contributed by atoms with van der Waals surface area (Å²) < 4.78 is 15.0. The summed E-state index contributed by atoms with van der Waals surface area (Å²) in [5.41, 5.74) is 2.74. The van der Waals surface area contributed by atoms with Crippen LogP contribution in [0.2, 0.25) is 25.7 Å². The largest absolute Gasteiger partial charge is 0.382 e. The lowest BCUT2D eigenvalue weighted by Gasteiger charge is -2.15. The van der Waals surface area contributed by atoms with Gasteiger partial charge in [-0.2, -0.15) is 5.10 Å². The summed E-state index contributed by atoms with van der Waals surface area (Å²) in [5, 5.41) is 5.46. The Kier molecular flexibility index (Phi) is 6.08. The van der Waals surface area contributed by atoms with Crippen LogP contribution in [0.4, 0.5) is 0 Å². The molecule has 0 saturated carbocycles. The summed E-state index contributed by atoms with van der Waals surface area (Å²) in [7, 11) is 0.621. The Morgan fingerprint density at radius 2 is 2.04 bits per heavy atom. The van der Waals surface area contributed by atoms with Gasteiger partial charge in [0.15, 0.2) is 0 Å². The van der Waals surface area contributed by atoms with Crippen LogP contribution < -0.4 is 0 Å². The van der Waals surface area contributed by atoms with Crippen LogP contribution in [-0.4, -0.2) is 52.7 Å². The Labute approximate surface area is 161 Å². The lowest BCUT2D eigenvalue weighted by Crippen LogP contribution is -2.22. The van der Waals surface area contributed by atoms with Crippen molar-refractivity contribution in [3.8, 4) is 11.3 Å². The topological polar surface area (TPSA) is 67.0 Å². The van der Waals surface area contributed by atoms with E-state index in [0.717, 1.165) is 34.9 Å². The highest BCUT2D eigenvalue weighted by Crippen LogP contribution is 2.26. The summed E-state index contributed by atoms with van der Waals surface area (Å²) in [6.07, 6.45) is 7.46. The van der Waals surface area contributed by atoms with Crippen LogP contribution >= 0.6 is 0 Å². The molecule has 0 aromatic carbocycles. The standard InChI is InChI=1S/C19H29N5O2Si/c1-15(12-25-2)24-11-16(10-22-24)18-17-6-7-23(19(17)21-13-20-18)14-26-8-9-27(3,4)5/h6-7,10-11,13,15H,8-9,12,14H2,1-5H3. The molecule has 0 bridgehead atoms. The molecular weight excluding hydrogens is 358 g/mol. The molecule has 0 radical (unpaired) electrons. The molecule has 7 nitrogen and oxygen atoms in total. The van der Waals surface area contributed by atoms with E-state index < -0.39 is 8.07 Å². The number of rotatable bonds is 9. The molecule has 0 fully saturated rings. The Morgan fingerprint density at radius 3 is 2.78 bits per heavy atom. The maximum Gasteiger partial charge on any atom is 0.145 e. The third-order valence-electron chi connectivity index (χ3n) is 4.52. The molecule has 1 unspecified atom stereocenters. The monoisotopic (exact) mass is 387 g/mol. The highest BCUT2D eigenvalue weighted by molar-refractivity contribution is 6.76. The number of hydrogen-bond donors (Lipinski definition) is 0. The first-order chi connectivity index (χ1) is 12.9. The smallest absolute Gasteiger partial charge is 0.145 e. The van der Waals surface area contributed by atoms with Crippen LogP contribution in [0.15, 0.2) is 31.0 Å². The zero-order valence-electron chi connectivity index (χ0n) is 16.8. The Morgan fingerprint density at radius 1 is 1.22 bits per heavy atom. The van der Waals surface area contributed by atoms with Gasteiger partial charge in [0, 0.05) is 45.1 Å². The zero-order chi connectivity index (χ0) is 19.4. The molecule has 1 atom stereocenters. The number of fused-ring (bicyclic) bond motifs is 1. The zero-order valence-corrected chi connectivity index (χ0v) is 17.8. The predicted octanol–water partition coefficient (Wildman–Crippen LogP) is 3.81. The summed E-state index contributed by atoms with van der Waals surface area (Å²) in [6.45, 7) is 11.1. The molecule has 3 rings (SSSR count). The molecule has 0 N–H and O–H groups in total. The average molecular weight is 388 g/mol. The van der Waals surface area contributed by atoms with E-state index in [1.165, 1.54) is 0 Å². The van der Waals surface area contributed by atoms with E-state index in [4.69, 9.17) is 9.47 Å². The Balaban J connectivity index is 1.77. The van der Waals surface area contributed by atoms with Crippen LogP contribution in [-0.2, 0) is 16.2 Å². The fourth-order valence-electron chi connectivity index (χ4n) is 2.90. The second kappa shape index (κ2) is 8.33. The maximum absolute atomic E-state index is 5.88. The van der Waals surface area contributed by atoms with Crippen LogP contribution in [0.5, 0.6) is 0 Å². The molecule has 0 aliphatic rings. The summed E-state index contributed by atoms with van der Waals surface area (Å²) in [4.78, 5) is 8.95. The predicted molar refractivity (Wildman–Crippen MR) is 109 cm³/mol. The molecule has 0 saturated heterocycles. The van der Waals surface area contributed by atoms with Gasteiger partial charge in [-0.3, -0.25) is 4.68 Å². The van der Waals surface area contributed by atoms with Gasteiger partial charge >= 0.3 is 0 Å². The van der Waals surface area contributed by atoms with Crippen molar-refractivity contribution in [1.82, 2.24) is 24.3 Å². The minimum atomic E-state index is -1.08. The van der Waals surface area contributed by atoms with Crippen LogP contribution in [0, 0.1) is 0 Å². The Bertz CT molecular complexity index is 884. The molecule has 27 heavy (non-hydrogen) atoms. The van der Waals surface area contributed by atoms with Gasteiger partial charge in [-0.25, -0.2) is 9.97 Å². The normalized spacial score (nSPS) is 13.4. The van der Waals surface area contributed by atoms with Gasteiger partial charge in [-0.15, -0.1) is 0 Å². The molecule has 0 spiro atoms. The van der Waals surface area contributed by atoms with Gasteiger partial charge in [-0.1, -0.05) is 19.6 Å². The molecule has 3 aromatic heterocycles. The van der Waals surface area contributed by atoms with Gasteiger partial charge in [0.25, 0.3) is 0 Å². The van der Waals surface area contributed by atoms with E-state index in [-0.39, 0.29) is 6.04 Å². The van der Waals surface area contributed by atoms with E-state index in [0.29, 0.717) is 13.3 Å². The SMILES string of the molecule is COCC(C)n1cc(-c2ncnc3c2ccn3COCC[Si](C)(C)C)cn1. The molecule has 146 valence electrons. The van der Waals surface area contributed by atoms with Gasteiger partial charge < -0.3 is 14.0 Å². The van der Waals surface area contributed by atoms with Crippen molar-refractivity contribution in [3.05, 3.63) is 31.0 Å². The second-order valence-electron chi connectivity index (χ2n) is 8.11. The summed E-state index contributed by atoms with van der Waals surface area (Å²) in [6, 6.07) is 3.37. The van der Waals surface area contributed by atoms with E-state index in [1.54, 1.807) is 13.4 Å². The molecule has 3 aromatic rings. The van der Waals surface area contributed by atoms with Crippen molar-refractivity contribution in [2.75, 3.05) is 20.3 Å². The first kappa shape index (κ1) is 19.7. The third kappa shape index (κ3) is 4.82. The van der Waals surface area contributed by atoms with Crippen molar-refractivity contribution in [2.45, 2.75) is 45.4 Å². The van der Waals surface area contributed by atoms with Crippen molar-refractivity contribution in [2.24, 2.45) is 0 Å². The first-order valence-electron chi connectivity index (χ1n) is 9.30. The second-order valence-corrected chi connectivity index (χ2v) is 13.7. The summed E-state index contributed by atoms with van der Waals surface area (Å²) in [5.74, 6) is 0. The van der Waals surface area contributed by atoms with Crippen molar-refractivity contribution >= 4 is 19.1 Å². The van der Waals surface area contributed by atoms with E-state index in [1.807, 2.05) is 33.9 Å². The van der Waals surface area contributed by atoms with Gasteiger partial charge in [-0.05, 0) is 19.0 Å². The third-order valence-corrected chi connectivity index (χ3v) is 6.22. The highest BCUT2D eigenvalue weighted by Gasteiger charge is 2.15. The molecule has 3 heterocycles. The van der Waals surface area contributed by atoms with E-state index >= 15 is 0 Å². The number of aromatic nitrogens is 5. The molecule has 0 aliphatic heterocycles. The van der Waals surface area contributed by atoms with Gasteiger partial charge in [0.05, 0.1) is 24.5 Å². The number of methoxy groups -OCH3 is 1. The average Bonchev–Trinajstić information content (AvgIpc) is 3.25. The fourth-order valence-corrected chi connectivity index (χ4v) is 3.65. The lowest BCUT2D eigenvalue weighted by atomic mass is 10.2. The number of ether oxygens (including phenoxy) is 2. The van der Waals surface area contributed by atoms with Gasteiger partial charge in [0.1, 0.15) is 18.7 Å². The van der Waals surface area contributed by atoms with Crippen LogP contribution in [0.3, 0.4) is 0 Å². The van der Waals surface area contributed by atoms with Crippen molar-refractivity contribution < 1.29 is 9.47 Å². The lowest BCUT2D eigenvalue weighted by molar-refractivity contribution is 0.0899. The molecule has 0 amide bonds. The molecular formula is C19H29N5O2Si. The van der Waals surface area contributed by atoms with Crippen molar-refractivity contribution in [3.63, 3.8) is 0 Å². The van der Waals surface area contributed by atoms with Crippen LogP contribution in [0.1, 0.15) is 13.0 Å².